The topological polar surface area (TPSA) is 66.6 Å². The number of nitrogens with two attached hydrogens (primary N) is 1. The van der Waals surface area contributed by atoms with Crippen molar-refractivity contribution in [3.8, 4) is 0 Å². The number of hydrogen-bond donors (Lipinski definition) is 2. The summed E-state index contributed by atoms with van der Waals surface area (Å²) in [5, 5.41) is 9.05. The first-order valence-corrected chi connectivity index (χ1v) is 6.42. The highest BCUT2D eigenvalue weighted by atomic mass is 16.3. The third-order valence-corrected chi connectivity index (χ3v) is 3.48. The van der Waals surface area contributed by atoms with Crippen molar-refractivity contribution in [2.24, 2.45) is 5.92 Å². The van der Waals surface area contributed by atoms with E-state index in [1.807, 2.05) is 29.2 Å². The number of carbonyl (C=O) groups excluding carboxylic acids is 1. The van der Waals surface area contributed by atoms with Crippen LogP contribution in [0.2, 0.25) is 0 Å². The molecule has 0 radical (unpaired) electrons. The fraction of sp³-hybridized carbons (Fsp3) is 0.500. The SMILES string of the molecule is Nc1cccc(CCC(=O)N2CCC(CO)C2)c1. The number of hydrogen-bond acceptors (Lipinski definition) is 3. The minimum Gasteiger partial charge on any atom is -0.399 e. The van der Waals surface area contributed by atoms with Gasteiger partial charge in [0.05, 0.1) is 0 Å². The number of anilines is 1. The molecule has 1 amide bonds. The fourth-order valence-electron chi connectivity index (χ4n) is 2.37. The lowest BCUT2D eigenvalue weighted by molar-refractivity contribution is -0.130. The molecule has 0 aliphatic carbocycles. The molecule has 18 heavy (non-hydrogen) atoms. The number of amides is 1. The summed E-state index contributed by atoms with van der Waals surface area (Å²) in [4.78, 5) is 13.8. The number of nitrogen functional groups attached to an aromatic ring is 1. The summed E-state index contributed by atoms with van der Waals surface area (Å²) in [5.74, 6) is 0.440. The lowest BCUT2D eigenvalue weighted by atomic mass is 10.1. The monoisotopic (exact) mass is 248 g/mol. The Morgan fingerprint density at radius 3 is 3.00 bits per heavy atom. The van der Waals surface area contributed by atoms with E-state index in [4.69, 9.17) is 10.8 Å². The molecule has 4 nitrogen and oxygen atoms in total. The first-order valence-electron chi connectivity index (χ1n) is 6.42. The summed E-state index contributed by atoms with van der Waals surface area (Å²) in [7, 11) is 0. The largest absolute Gasteiger partial charge is 0.399 e. The van der Waals surface area contributed by atoms with Gasteiger partial charge >= 0.3 is 0 Å². The maximum Gasteiger partial charge on any atom is 0.222 e. The van der Waals surface area contributed by atoms with Crippen molar-refractivity contribution in [1.82, 2.24) is 4.90 Å². The van der Waals surface area contributed by atoms with Gasteiger partial charge in [-0.05, 0) is 30.5 Å². The van der Waals surface area contributed by atoms with Crippen LogP contribution in [0.25, 0.3) is 0 Å². The molecular formula is C14H20N2O2. The summed E-state index contributed by atoms with van der Waals surface area (Å²) in [5.41, 5.74) is 7.54. The Bertz CT molecular complexity index is 420. The van der Waals surface area contributed by atoms with Gasteiger partial charge in [0.25, 0.3) is 0 Å². The van der Waals surface area contributed by atoms with Crippen LogP contribution in [0.5, 0.6) is 0 Å². The van der Waals surface area contributed by atoms with Gasteiger partial charge < -0.3 is 15.7 Å². The summed E-state index contributed by atoms with van der Waals surface area (Å²) < 4.78 is 0. The normalized spacial score (nSPS) is 19.2. The predicted molar refractivity (Wildman–Crippen MR) is 70.9 cm³/mol. The molecular weight excluding hydrogens is 228 g/mol. The molecule has 98 valence electrons. The summed E-state index contributed by atoms with van der Waals surface area (Å²) in [6, 6.07) is 7.66. The van der Waals surface area contributed by atoms with Gasteiger partial charge in [0.1, 0.15) is 0 Å². The quantitative estimate of drug-likeness (QED) is 0.782. The molecule has 1 unspecified atom stereocenters. The van der Waals surface area contributed by atoms with Crippen molar-refractivity contribution in [3.63, 3.8) is 0 Å². The highest BCUT2D eigenvalue weighted by Crippen LogP contribution is 2.17. The third-order valence-electron chi connectivity index (χ3n) is 3.48. The van der Waals surface area contributed by atoms with Gasteiger partial charge in [0.15, 0.2) is 0 Å². The van der Waals surface area contributed by atoms with Gasteiger partial charge in [-0.15, -0.1) is 0 Å². The molecule has 1 aliphatic rings. The Hall–Kier alpha value is -1.55. The predicted octanol–water partition coefficient (Wildman–Crippen LogP) is 1.04. The van der Waals surface area contributed by atoms with E-state index in [0.717, 1.165) is 30.6 Å². The van der Waals surface area contributed by atoms with Gasteiger partial charge in [-0.25, -0.2) is 0 Å². The standard InChI is InChI=1S/C14H20N2O2/c15-13-3-1-2-11(8-13)4-5-14(18)16-7-6-12(9-16)10-17/h1-3,8,12,17H,4-7,9-10,15H2. The zero-order valence-corrected chi connectivity index (χ0v) is 10.5. The van der Waals surface area contributed by atoms with Gasteiger partial charge in [-0.3, -0.25) is 4.79 Å². The van der Waals surface area contributed by atoms with Gasteiger partial charge in [-0.2, -0.15) is 0 Å². The van der Waals surface area contributed by atoms with E-state index in [0.29, 0.717) is 13.0 Å². The highest BCUT2D eigenvalue weighted by Gasteiger charge is 2.25. The number of aliphatic hydroxyl groups is 1. The van der Waals surface area contributed by atoms with E-state index in [1.54, 1.807) is 0 Å². The van der Waals surface area contributed by atoms with Crippen LogP contribution < -0.4 is 5.73 Å². The molecule has 0 saturated carbocycles. The molecule has 1 fully saturated rings. The van der Waals surface area contributed by atoms with E-state index >= 15 is 0 Å². The van der Waals surface area contributed by atoms with Crippen LogP contribution in [0.1, 0.15) is 18.4 Å². The van der Waals surface area contributed by atoms with Crippen molar-refractivity contribution in [1.29, 1.82) is 0 Å². The van der Waals surface area contributed by atoms with Gasteiger partial charge in [0.2, 0.25) is 5.91 Å². The highest BCUT2D eigenvalue weighted by molar-refractivity contribution is 5.76. The number of carbonyl (C=O) groups is 1. The second-order valence-electron chi connectivity index (χ2n) is 4.92. The third kappa shape index (κ3) is 3.23. The first kappa shape index (κ1) is 12.9. The Kier molecular flexibility index (Phi) is 4.20. The lowest BCUT2D eigenvalue weighted by Crippen LogP contribution is -2.29. The number of nitrogens with zero attached hydrogens (tertiary/aromatic N) is 1. The van der Waals surface area contributed by atoms with E-state index in [2.05, 4.69) is 0 Å². The number of rotatable bonds is 4. The van der Waals surface area contributed by atoms with Crippen molar-refractivity contribution in [3.05, 3.63) is 29.8 Å². The molecule has 0 spiro atoms. The zero-order valence-electron chi connectivity index (χ0n) is 10.5. The number of aliphatic hydroxyl groups excluding tert-OH is 1. The van der Waals surface area contributed by atoms with Crippen LogP contribution in [0.4, 0.5) is 5.69 Å². The Morgan fingerprint density at radius 1 is 1.50 bits per heavy atom. The molecule has 1 aliphatic heterocycles. The molecule has 1 aromatic carbocycles. The van der Waals surface area contributed by atoms with Crippen LogP contribution in [0.15, 0.2) is 24.3 Å². The number of benzene rings is 1. The Labute approximate surface area is 107 Å². The summed E-state index contributed by atoms with van der Waals surface area (Å²) in [6.45, 7) is 1.66. The molecule has 0 aromatic heterocycles. The molecule has 3 N–H and O–H groups in total. The zero-order chi connectivity index (χ0) is 13.0. The smallest absolute Gasteiger partial charge is 0.222 e. The maximum atomic E-state index is 12.0. The molecule has 2 rings (SSSR count). The average molecular weight is 248 g/mol. The van der Waals surface area contributed by atoms with Crippen molar-refractivity contribution in [2.45, 2.75) is 19.3 Å². The van der Waals surface area contributed by atoms with Crippen LogP contribution >= 0.6 is 0 Å². The van der Waals surface area contributed by atoms with Gasteiger partial charge in [0, 0.05) is 37.7 Å². The Morgan fingerprint density at radius 2 is 2.33 bits per heavy atom. The van der Waals surface area contributed by atoms with E-state index in [-0.39, 0.29) is 18.4 Å². The summed E-state index contributed by atoms with van der Waals surface area (Å²) in [6.07, 6.45) is 2.16. The molecule has 1 aromatic rings. The van der Waals surface area contributed by atoms with Crippen molar-refractivity contribution >= 4 is 11.6 Å². The Balaban J connectivity index is 1.82. The molecule has 1 saturated heterocycles. The molecule has 1 atom stereocenters. The van der Waals surface area contributed by atoms with E-state index < -0.39 is 0 Å². The van der Waals surface area contributed by atoms with E-state index in [1.165, 1.54) is 0 Å². The van der Waals surface area contributed by atoms with Crippen LogP contribution in [0, 0.1) is 5.92 Å². The number of likely N-dealkylation sites (tertiary alicyclic amines) is 1. The van der Waals surface area contributed by atoms with E-state index in [9.17, 15) is 4.79 Å². The first-order chi connectivity index (χ1) is 8.69. The second-order valence-corrected chi connectivity index (χ2v) is 4.92. The van der Waals surface area contributed by atoms with Crippen LogP contribution in [-0.2, 0) is 11.2 Å². The minimum absolute atomic E-state index is 0.174. The van der Waals surface area contributed by atoms with Gasteiger partial charge in [-0.1, -0.05) is 12.1 Å². The average Bonchev–Trinajstić information content (AvgIpc) is 2.85. The molecule has 1 heterocycles. The second kappa shape index (κ2) is 5.87. The van der Waals surface area contributed by atoms with Crippen molar-refractivity contribution in [2.75, 3.05) is 25.4 Å². The molecule has 4 heteroatoms. The maximum absolute atomic E-state index is 12.0. The minimum atomic E-state index is 0.174. The molecule has 0 bridgehead atoms. The lowest BCUT2D eigenvalue weighted by Gasteiger charge is -2.16. The number of aryl methyl sites for hydroxylation is 1. The van der Waals surface area contributed by atoms with Crippen LogP contribution in [0.3, 0.4) is 0 Å². The van der Waals surface area contributed by atoms with Crippen LogP contribution in [-0.4, -0.2) is 35.6 Å². The fourth-order valence-corrected chi connectivity index (χ4v) is 2.37. The summed E-state index contributed by atoms with van der Waals surface area (Å²) >= 11 is 0. The van der Waals surface area contributed by atoms with Crippen molar-refractivity contribution < 1.29 is 9.90 Å².